The first kappa shape index (κ1) is 10.0. The van der Waals surface area contributed by atoms with Gasteiger partial charge in [0.1, 0.15) is 6.04 Å². The zero-order chi connectivity index (χ0) is 11.0. The second-order valence-electron chi connectivity index (χ2n) is 4.08. The van der Waals surface area contributed by atoms with Crippen LogP contribution in [0.3, 0.4) is 0 Å². The zero-order valence-electron chi connectivity index (χ0n) is 9.35. The van der Waals surface area contributed by atoms with Crippen molar-refractivity contribution in [3.8, 4) is 0 Å². The van der Waals surface area contributed by atoms with Crippen molar-refractivity contribution < 1.29 is 4.79 Å². The minimum atomic E-state index is -0.0976. The summed E-state index contributed by atoms with van der Waals surface area (Å²) in [5.74, 6) is 0.0632. The Balaban J connectivity index is 2.41. The first-order valence-electron chi connectivity index (χ1n) is 5.30. The molecular formula is C12H16N2O. The second-order valence-corrected chi connectivity index (χ2v) is 4.08. The number of carbonyl (C=O) groups is 1. The fourth-order valence-corrected chi connectivity index (χ4v) is 1.80. The van der Waals surface area contributed by atoms with Crippen molar-refractivity contribution in [1.29, 1.82) is 0 Å². The molecule has 3 heteroatoms. The molecule has 1 aromatic carbocycles. The van der Waals surface area contributed by atoms with E-state index in [-0.39, 0.29) is 11.9 Å². The van der Waals surface area contributed by atoms with E-state index in [1.807, 2.05) is 19.9 Å². The number of hydrogen-bond acceptors (Lipinski definition) is 2. The maximum Gasteiger partial charge on any atom is 0.246 e. The van der Waals surface area contributed by atoms with Gasteiger partial charge in [0, 0.05) is 0 Å². The van der Waals surface area contributed by atoms with Crippen LogP contribution in [-0.4, -0.2) is 11.9 Å². The van der Waals surface area contributed by atoms with E-state index >= 15 is 0 Å². The van der Waals surface area contributed by atoms with Gasteiger partial charge in [-0.3, -0.25) is 4.79 Å². The van der Waals surface area contributed by atoms with Gasteiger partial charge in [-0.15, -0.1) is 0 Å². The van der Waals surface area contributed by atoms with Crippen LogP contribution in [0.25, 0.3) is 0 Å². The predicted molar refractivity (Wildman–Crippen MR) is 62.2 cm³/mol. The van der Waals surface area contributed by atoms with Gasteiger partial charge >= 0.3 is 0 Å². The van der Waals surface area contributed by atoms with E-state index in [4.69, 9.17) is 0 Å². The highest BCUT2D eigenvalue weighted by molar-refractivity contribution is 6.03. The molecule has 0 saturated carbocycles. The molecule has 2 rings (SSSR count). The molecule has 0 bridgehead atoms. The summed E-state index contributed by atoms with van der Waals surface area (Å²) >= 11 is 0. The SMILES string of the molecule is CC[C@@H]1Nc2cc(C)c(C)cc2NC1=O. The van der Waals surface area contributed by atoms with Crippen molar-refractivity contribution in [1.82, 2.24) is 0 Å². The normalized spacial score (nSPS) is 19.1. The summed E-state index contributed by atoms with van der Waals surface area (Å²) in [4.78, 5) is 11.6. The van der Waals surface area contributed by atoms with E-state index in [0.29, 0.717) is 0 Å². The number of aryl methyl sites for hydroxylation is 2. The average Bonchev–Trinajstić information content (AvgIpc) is 2.20. The van der Waals surface area contributed by atoms with Crippen LogP contribution in [0.15, 0.2) is 12.1 Å². The van der Waals surface area contributed by atoms with Crippen LogP contribution in [0.2, 0.25) is 0 Å². The minimum Gasteiger partial charge on any atom is -0.372 e. The van der Waals surface area contributed by atoms with Crippen LogP contribution in [0.1, 0.15) is 24.5 Å². The number of carbonyl (C=O) groups excluding carboxylic acids is 1. The monoisotopic (exact) mass is 204 g/mol. The highest BCUT2D eigenvalue weighted by Crippen LogP contribution is 2.30. The Kier molecular flexibility index (Phi) is 2.39. The summed E-state index contributed by atoms with van der Waals surface area (Å²) in [5, 5.41) is 6.18. The van der Waals surface area contributed by atoms with E-state index < -0.39 is 0 Å². The first-order chi connectivity index (χ1) is 7.11. The molecule has 80 valence electrons. The average molecular weight is 204 g/mol. The highest BCUT2D eigenvalue weighted by Gasteiger charge is 2.23. The fraction of sp³-hybridized carbons (Fsp3) is 0.417. The maximum atomic E-state index is 11.6. The third kappa shape index (κ3) is 1.69. The minimum absolute atomic E-state index is 0.0632. The van der Waals surface area contributed by atoms with E-state index in [1.54, 1.807) is 0 Å². The second kappa shape index (κ2) is 3.57. The topological polar surface area (TPSA) is 41.1 Å². The first-order valence-corrected chi connectivity index (χ1v) is 5.30. The van der Waals surface area contributed by atoms with Gasteiger partial charge in [0.2, 0.25) is 5.91 Å². The molecule has 0 aliphatic carbocycles. The van der Waals surface area contributed by atoms with Gasteiger partial charge in [-0.25, -0.2) is 0 Å². The van der Waals surface area contributed by atoms with E-state index in [9.17, 15) is 4.79 Å². The summed E-state index contributed by atoms with van der Waals surface area (Å²) in [6.07, 6.45) is 0.804. The lowest BCUT2D eigenvalue weighted by atomic mass is 10.0. The number of benzene rings is 1. The van der Waals surface area contributed by atoms with Gasteiger partial charge in [-0.1, -0.05) is 6.92 Å². The highest BCUT2D eigenvalue weighted by atomic mass is 16.2. The number of rotatable bonds is 1. The Bertz CT molecular complexity index is 412. The van der Waals surface area contributed by atoms with E-state index in [0.717, 1.165) is 17.8 Å². The van der Waals surface area contributed by atoms with Crippen molar-refractivity contribution in [2.24, 2.45) is 0 Å². The van der Waals surface area contributed by atoms with Gasteiger partial charge in [-0.05, 0) is 43.5 Å². The lowest BCUT2D eigenvalue weighted by Crippen LogP contribution is -2.38. The fourth-order valence-electron chi connectivity index (χ4n) is 1.80. The van der Waals surface area contributed by atoms with Crippen LogP contribution in [0.5, 0.6) is 0 Å². The van der Waals surface area contributed by atoms with Gasteiger partial charge in [0.15, 0.2) is 0 Å². The molecule has 1 atom stereocenters. The van der Waals surface area contributed by atoms with Crippen LogP contribution < -0.4 is 10.6 Å². The summed E-state index contributed by atoms with van der Waals surface area (Å²) in [6.45, 7) is 6.13. The van der Waals surface area contributed by atoms with Crippen LogP contribution in [0.4, 0.5) is 11.4 Å². The van der Waals surface area contributed by atoms with Gasteiger partial charge in [0.25, 0.3) is 0 Å². The Hall–Kier alpha value is -1.51. The Morgan fingerprint density at radius 2 is 1.80 bits per heavy atom. The summed E-state index contributed by atoms with van der Waals surface area (Å²) in [6, 6.07) is 4.01. The van der Waals surface area contributed by atoms with Crippen LogP contribution >= 0.6 is 0 Å². The molecule has 0 radical (unpaired) electrons. The molecule has 0 spiro atoms. The summed E-state index contributed by atoms with van der Waals surface area (Å²) in [5.41, 5.74) is 4.37. The standard InChI is InChI=1S/C12H16N2O/c1-4-9-12(15)14-11-6-8(3)7(2)5-10(11)13-9/h5-6,9,13H,4H2,1-3H3,(H,14,15)/t9-/m0/s1. The molecule has 1 aliphatic rings. The van der Waals surface area contributed by atoms with E-state index in [2.05, 4.69) is 23.6 Å². The molecule has 0 aromatic heterocycles. The molecule has 0 saturated heterocycles. The predicted octanol–water partition coefficient (Wildman–Crippen LogP) is 2.45. The molecular weight excluding hydrogens is 188 g/mol. The number of anilines is 2. The molecule has 1 heterocycles. The molecule has 1 aromatic rings. The van der Waals surface area contributed by atoms with E-state index in [1.165, 1.54) is 11.1 Å². The number of hydrogen-bond donors (Lipinski definition) is 2. The van der Waals surface area contributed by atoms with Crippen LogP contribution in [-0.2, 0) is 4.79 Å². The molecule has 3 nitrogen and oxygen atoms in total. The van der Waals surface area contributed by atoms with Gasteiger partial charge < -0.3 is 10.6 Å². The maximum absolute atomic E-state index is 11.6. The van der Waals surface area contributed by atoms with Crippen molar-refractivity contribution in [2.75, 3.05) is 10.6 Å². The molecule has 2 N–H and O–H groups in total. The van der Waals surface area contributed by atoms with Crippen molar-refractivity contribution >= 4 is 17.3 Å². The van der Waals surface area contributed by atoms with Crippen molar-refractivity contribution in [2.45, 2.75) is 33.2 Å². The largest absolute Gasteiger partial charge is 0.372 e. The third-order valence-electron chi connectivity index (χ3n) is 2.95. The molecule has 1 amide bonds. The lowest BCUT2D eigenvalue weighted by Gasteiger charge is -2.26. The van der Waals surface area contributed by atoms with Gasteiger partial charge in [0.05, 0.1) is 11.4 Å². The summed E-state index contributed by atoms with van der Waals surface area (Å²) in [7, 11) is 0. The number of nitrogens with one attached hydrogen (secondary N) is 2. The zero-order valence-corrected chi connectivity index (χ0v) is 9.35. The van der Waals surface area contributed by atoms with Gasteiger partial charge in [-0.2, -0.15) is 0 Å². The third-order valence-corrected chi connectivity index (χ3v) is 2.95. The lowest BCUT2D eigenvalue weighted by molar-refractivity contribution is -0.117. The molecule has 15 heavy (non-hydrogen) atoms. The van der Waals surface area contributed by atoms with Crippen molar-refractivity contribution in [3.05, 3.63) is 23.3 Å². The Morgan fingerprint density at radius 3 is 2.40 bits per heavy atom. The smallest absolute Gasteiger partial charge is 0.246 e. The summed E-state index contributed by atoms with van der Waals surface area (Å²) < 4.78 is 0. The molecule has 0 unspecified atom stereocenters. The Labute approximate surface area is 89.9 Å². The van der Waals surface area contributed by atoms with Crippen molar-refractivity contribution in [3.63, 3.8) is 0 Å². The quantitative estimate of drug-likeness (QED) is 0.737. The number of amides is 1. The number of fused-ring (bicyclic) bond motifs is 1. The Morgan fingerprint density at radius 1 is 1.20 bits per heavy atom. The van der Waals surface area contributed by atoms with Crippen LogP contribution in [0, 0.1) is 13.8 Å². The molecule has 0 fully saturated rings. The molecule has 1 aliphatic heterocycles.